The van der Waals surface area contributed by atoms with Crippen LogP contribution in [0.15, 0.2) is 48.8 Å². The highest BCUT2D eigenvalue weighted by atomic mass is 16.5. The van der Waals surface area contributed by atoms with Gasteiger partial charge >= 0.3 is 0 Å². The fourth-order valence-corrected chi connectivity index (χ4v) is 1.67. The van der Waals surface area contributed by atoms with Crippen molar-refractivity contribution in [3.8, 4) is 5.75 Å². The van der Waals surface area contributed by atoms with Crippen molar-refractivity contribution in [1.29, 1.82) is 0 Å². The van der Waals surface area contributed by atoms with E-state index in [2.05, 4.69) is 4.98 Å². The van der Waals surface area contributed by atoms with Crippen molar-refractivity contribution >= 4 is 5.69 Å². The minimum absolute atomic E-state index is 0.100. The Hall–Kier alpha value is -2.07. The Bertz CT molecular complexity index is 487. The standard InChI is InChI=1S/C14H17N3O/c15-12(8-11-9-17-7-6-14(11)16)10-18-13-4-2-1-3-5-13/h1-7,9,12H,8,10,15H2,(H2,16,17). The predicted octanol–water partition coefficient (Wildman–Crippen LogP) is 1.61. The molecule has 0 aliphatic carbocycles. The molecule has 4 N–H and O–H groups in total. The van der Waals surface area contributed by atoms with Crippen molar-refractivity contribution in [2.75, 3.05) is 12.3 Å². The van der Waals surface area contributed by atoms with E-state index in [0.717, 1.165) is 17.0 Å². The number of hydrogen-bond donors (Lipinski definition) is 2. The van der Waals surface area contributed by atoms with Gasteiger partial charge < -0.3 is 16.2 Å². The number of hydrogen-bond acceptors (Lipinski definition) is 4. The van der Waals surface area contributed by atoms with Gasteiger partial charge in [-0.3, -0.25) is 4.98 Å². The van der Waals surface area contributed by atoms with Crippen LogP contribution in [0.1, 0.15) is 5.56 Å². The van der Waals surface area contributed by atoms with E-state index in [1.807, 2.05) is 30.3 Å². The highest BCUT2D eigenvalue weighted by molar-refractivity contribution is 5.44. The first kappa shape index (κ1) is 12.4. The molecule has 2 aromatic rings. The Morgan fingerprint density at radius 2 is 1.94 bits per heavy atom. The Labute approximate surface area is 107 Å². The molecule has 1 heterocycles. The quantitative estimate of drug-likeness (QED) is 0.836. The third kappa shape index (κ3) is 3.46. The summed E-state index contributed by atoms with van der Waals surface area (Å²) in [5.74, 6) is 0.826. The van der Waals surface area contributed by atoms with Crippen LogP contribution in [0.2, 0.25) is 0 Å². The summed E-state index contributed by atoms with van der Waals surface area (Å²) in [4.78, 5) is 4.04. The zero-order valence-electron chi connectivity index (χ0n) is 10.1. The summed E-state index contributed by atoms with van der Waals surface area (Å²) in [6, 6.07) is 11.3. The largest absolute Gasteiger partial charge is 0.492 e. The van der Waals surface area contributed by atoms with Gasteiger partial charge in [-0.05, 0) is 30.2 Å². The van der Waals surface area contributed by atoms with E-state index in [1.165, 1.54) is 0 Å². The van der Waals surface area contributed by atoms with Crippen LogP contribution in [0.5, 0.6) is 5.75 Å². The zero-order chi connectivity index (χ0) is 12.8. The maximum Gasteiger partial charge on any atom is 0.119 e. The molecule has 0 spiro atoms. The molecule has 0 aliphatic heterocycles. The number of ether oxygens (including phenoxy) is 1. The molecule has 0 amide bonds. The van der Waals surface area contributed by atoms with Gasteiger partial charge in [-0.2, -0.15) is 0 Å². The first-order valence-corrected chi connectivity index (χ1v) is 5.87. The van der Waals surface area contributed by atoms with E-state index >= 15 is 0 Å². The molecule has 4 heteroatoms. The van der Waals surface area contributed by atoms with Crippen LogP contribution < -0.4 is 16.2 Å². The number of anilines is 1. The van der Waals surface area contributed by atoms with Crippen LogP contribution in [0.4, 0.5) is 5.69 Å². The van der Waals surface area contributed by atoms with E-state index in [4.69, 9.17) is 16.2 Å². The van der Waals surface area contributed by atoms with Crippen molar-refractivity contribution in [1.82, 2.24) is 4.98 Å². The monoisotopic (exact) mass is 243 g/mol. The van der Waals surface area contributed by atoms with Gasteiger partial charge in [-0.15, -0.1) is 0 Å². The van der Waals surface area contributed by atoms with E-state index in [-0.39, 0.29) is 6.04 Å². The Kier molecular flexibility index (Phi) is 4.15. The van der Waals surface area contributed by atoms with Gasteiger partial charge in [0, 0.05) is 24.1 Å². The molecule has 18 heavy (non-hydrogen) atoms. The topological polar surface area (TPSA) is 74.2 Å². The first-order chi connectivity index (χ1) is 8.75. The number of pyridine rings is 1. The predicted molar refractivity (Wildman–Crippen MR) is 72.3 cm³/mol. The molecule has 1 atom stereocenters. The Morgan fingerprint density at radius 1 is 1.17 bits per heavy atom. The van der Waals surface area contributed by atoms with E-state index in [9.17, 15) is 0 Å². The maximum atomic E-state index is 6.01. The summed E-state index contributed by atoms with van der Waals surface area (Å²) in [6.07, 6.45) is 4.08. The van der Waals surface area contributed by atoms with Crippen LogP contribution in [0.3, 0.4) is 0 Å². The Morgan fingerprint density at radius 3 is 2.67 bits per heavy atom. The SMILES string of the molecule is Nc1ccncc1CC(N)COc1ccccc1. The molecule has 0 saturated heterocycles. The van der Waals surface area contributed by atoms with Crippen molar-refractivity contribution in [2.24, 2.45) is 5.73 Å². The lowest BCUT2D eigenvalue weighted by Gasteiger charge is -2.14. The minimum Gasteiger partial charge on any atom is -0.492 e. The van der Waals surface area contributed by atoms with Crippen molar-refractivity contribution in [3.63, 3.8) is 0 Å². The van der Waals surface area contributed by atoms with Crippen LogP contribution >= 0.6 is 0 Å². The maximum absolute atomic E-state index is 6.01. The fraction of sp³-hybridized carbons (Fsp3) is 0.214. The summed E-state index contributed by atoms with van der Waals surface area (Å²) >= 11 is 0. The molecule has 0 aliphatic rings. The molecule has 0 bridgehead atoms. The van der Waals surface area contributed by atoms with Crippen LogP contribution in [-0.4, -0.2) is 17.6 Å². The van der Waals surface area contributed by atoms with E-state index in [0.29, 0.717) is 13.0 Å². The summed E-state index contributed by atoms with van der Waals surface area (Å²) < 4.78 is 5.59. The number of nitrogens with zero attached hydrogens (tertiary/aromatic N) is 1. The molecule has 1 unspecified atom stereocenters. The summed E-state index contributed by atoms with van der Waals surface area (Å²) in [6.45, 7) is 0.457. The minimum atomic E-state index is -0.100. The highest BCUT2D eigenvalue weighted by Gasteiger charge is 2.07. The first-order valence-electron chi connectivity index (χ1n) is 5.87. The summed E-state index contributed by atoms with van der Waals surface area (Å²) in [7, 11) is 0. The lowest BCUT2D eigenvalue weighted by Crippen LogP contribution is -2.30. The van der Waals surface area contributed by atoms with Gasteiger partial charge in [0.25, 0.3) is 0 Å². The highest BCUT2D eigenvalue weighted by Crippen LogP contribution is 2.12. The fourth-order valence-electron chi connectivity index (χ4n) is 1.67. The zero-order valence-corrected chi connectivity index (χ0v) is 10.1. The van der Waals surface area contributed by atoms with Gasteiger partial charge in [-0.1, -0.05) is 18.2 Å². The molecule has 94 valence electrons. The second-order valence-corrected chi connectivity index (χ2v) is 4.16. The number of nitrogen functional groups attached to an aromatic ring is 1. The number of para-hydroxylation sites is 1. The van der Waals surface area contributed by atoms with E-state index < -0.39 is 0 Å². The number of nitrogens with two attached hydrogens (primary N) is 2. The molecule has 1 aromatic heterocycles. The Balaban J connectivity index is 1.86. The molecule has 4 nitrogen and oxygen atoms in total. The summed E-state index contributed by atoms with van der Waals surface area (Å²) in [5, 5.41) is 0. The van der Waals surface area contributed by atoms with Crippen molar-refractivity contribution in [2.45, 2.75) is 12.5 Å². The van der Waals surface area contributed by atoms with Crippen LogP contribution in [0, 0.1) is 0 Å². The number of aromatic nitrogens is 1. The van der Waals surface area contributed by atoms with Gasteiger partial charge in [0.1, 0.15) is 12.4 Å². The molecule has 0 saturated carbocycles. The van der Waals surface area contributed by atoms with E-state index in [1.54, 1.807) is 18.5 Å². The number of benzene rings is 1. The lowest BCUT2D eigenvalue weighted by atomic mass is 10.1. The lowest BCUT2D eigenvalue weighted by molar-refractivity contribution is 0.287. The molecular formula is C14H17N3O. The molecule has 1 aromatic carbocycles. The van der Waals surface area contributed by atoms with Gasteiger partial charge in [0.2, 0.25) is 0 Å². The molecular weight excluding hydrogens is 226 g/mol. The van der Waals surface area contributed by atoms with Crippen molar-refractivity contribution in [3.05, 3.63) is 54.4 Å². The number of rotatable bonds is 5. The summed E-state index contributed by atoms with van der Waals surface area (Å²) in [5.41, 5.74) is 13.5. The molecule has 2 rings (SSSR count). The third-order valence-corrected chi connectivity index (χ3v) is 2.63. The van der Waals surface area contributed by atoms with Gasteiger partial charge in [0.15, 0.2) is 0 Å². The normalized spacial score (nSPS) is 12.1. The molecule has 0 radical (unpaired) electrons. The third-order valence-electron chi connectivity index (χ3n) is 2.63. The van der Waals surface area contributed by atoms with Gasteiger partial charge in [0.05, 0.1) is 0 Å². The van der Waals surface area contributed by atoms with Crippen LogP contribution in [-0.2, 0) is 6.42 Å². The van der Waals surface area contributed by atoms with Crippen LogP contribution in [0.25, 0.3) is 0 Å². The second-order valence-electron chi connectivity index (χ2n) is 4.16. The van der Waals surface area contributed by atoms with Gasteiger partial charge in [-0.25, -0.2) is 0 Å². The average molecular weight is 243 g/mol. The molecule has 0 fully saturated rings. The smallest absolute Gasteiger partial charge is 0.119 e. The average Bonchev–Trinajstić information content (AvgIpc) is 2.40. The van der Waals surface area contributed by atoms with Crippen molar-refractivity contribution < 1.29 is 4.74 Å². The second kappa shape index (κ2) is 6.02.